The molecule has 0 saturated carbocycles. The lowest BCUT2D eigenvalue weighted by atomic mass is 9.98. The van der Waals surface area contributed by atoms with Crippen LogP contribution in [0.4, 0.5) is 0 Å². The smallest absolute Gasteiger partial charge is 0.00400 e. The third-order valence-electron chi connectivity index (χ3n) is 4.61. The van der Waals surface area contributed by atoms with Crippen LogP contribution >= 0.6 is 8.20 Å². The maximum Gasteiger partial charge on any atom is -0.00400 e. The summed E-state index contributed by atoms with van der Waals surface area (Å²) in [5.74, 6) is 0. The molecule has 0 fully saturated rings. The minimum atomic E-state index is 0.905. The van der Waals surface area contributed by atoms with Crippen molar-refractivity contribution >= 4 is 13.5 Å². The van der Waals surface area contributed by atoms with Crippen LogP contribution in [0.3, 0.4) is 0 Å². The molecule has 0 unspecified atom stereocenters. The van der Waals surface area contributed by atoms with Crippen LogP contribution < -0.4 is 0 Å². The fraction of sp³-hybridized carbons (Fsp3) is 0.240. The van der Waals surface area contributed by atoms with Crippen LogP contribution in [0.5, 0.6) is 0 Å². The van der Waals surface area contributed by atoms with E-state index in [1.54, 1.807) is 0 Å². The van der Waals surface area contributed by atoms with Crippen molar-refractivity contribution in [3.63, 3.8) is 0 Å². The van der Waals surface area contributed by atoms with E-state index in [0.29, 0.717) is 0 Å². The summed E-state index contributed by atoms with van der Waals surface area (Å²) < 4.78 is 0. The lowest BCUT2D eigenvalue weighted by molar-refractivity contribution is 0.984. The van der Waals surface area contributed by atoms with Gasteiger partial charge in [0.15, 0.2) is 0 Å². The quantitative estimate of drug-likeness (QED) is 0.314. The van der Waals surface area contributed by atoms with Gasteiger partial charge in [0.25, 0.3) is 0 Å². The van der Waals surface area contributed by atoms with Gasteiger partial charge in [0.2, 0.25) is 0 Å². The highest BCUT2D eigenvalue weighted by Gasteiger charge is 2.14. The molecule has 26 heavy (non-hydrogen) atoms. The van der Waals surface area contributed by atoms with Crippen LogP contribution in [0, 0.1) is 0 Å². The summed E-state index contributed by atoms with van der Waals surface area (Å²) in [6.07, 6.45) is 13.8. The fourth-order valence-corrected chi connectivity index (χ4v) is 4.44. The summed E-state index contributed by atoms with van der Waals surface area (Å²) in [4.78, 5) is 0. The third-order valence-corrected chi connectivity index (χ3v) is 5.72. The molecule has 1 aliphatic rings. The minimum Gasteiger partial charge on any atom is -0.0985 e. The average molecular weight is 360 g/mol. The number of hydrogen-bond donors (Lipinski definition) is 0. The fourth-order valence-electron chi connectivity index (χ4n) is 3.26. The Morgan fingerprint density at radius 1 is 1.15 bits per heavy atom. The zero-order valence-electron chi connectivity index (χ0n) is 16.3. The van der Waals surface area contributed by atoms with Crippen molar-refractivity contribution in [3.8, 4) is 0 Å². The van der Waals surface area contributed by atoms with E-state index in [4.69, 9.17) is 0 Å². The molecule has 1 aromatic carbocycles. The van der Waals surface area contributed by atoms with E-state index in [2.05, 4.69) is 88.6 Å². The van der Waals surface area contributed by atoms with Gasteiger partial charge in [0, 0.05) is 0 Å². The van der Waals surface area contributed by atoms with Crippen LogP contribution in [0.2, 0.25) is 0 Å². The standard InChI is InChI=1S/C25H29P/c1-6-23(7-2)24(18-12-16-22-14-9-8-10-15-22)17-11-13-19(3)25-20(4)26-21(25)5/h6-11,13-15,18H,1,3,12,16-17H2,2,4-5H3/b13-11-,23-7+,24-18+. The van der Waals surface area contributed by atoms with Crippen molar-refractivity contribution in [3.05, 3.63) is 107 Å². The molecule has 0 radical (unpaired) electrons. The SMILES string of the molecule is C=CC(=C\C)/C(=C/CCc1ccccc1)C/C=C\C(=C)C1=C(C)P=C1C. The second-order valence-corrected chi connectivity index (χ2v) is 8.06. The molecule has 0 aromatic heterocycles. The summed E-state index contributed by atoms with van der Waals surface area (Å²) in [7, 11) is 1.37. The van der Waals surface area contributed by atoms with Gasteiger partial charge in [0.05, 0.1) is 0 Å². The largest absolute Gasteiger partial charge is 0.0985 e. The van der Waals surface area contributed by atoms with Crippen LogP contribution in [0.25, 0.3) is 0 Å². The van der Waals surface area contributed by atoms with Gasteiger partial charge in [-0.25, -0.2) is 0 Å². The second kappa shape index (κ2) is 10.1. The van der Waals surface area contributed by atoms with E-state index in [-0.39, 0.29) is 0 Å². The van der Waals surface area contributed by atoms with Crippen molar-refractivity contribution < 1.29 is 0 Å². The van der Waals surface area contributed by atoms with E-state index < -0.39 is 0 Å². The van der Waals surface area contributed by atoms with E-state index in [0.717, 1.165) is 24.8 Å². The normalized spacial score (nSPS) is 15.7. The number of benzene rings is 1. The van der Waals surface area contributed by atoms with E-state index in [1.807, 2.05) is 6.08 Å². The lowest BCUT2D eigenvalue weighted by Gasteiger charge is -2.18. The molecule has 1 heterocycles. The minimum absolute atomic E-state index is 0.905. The van der Waals surface area contributed by atoms with Gasteiger partial charge >= 0.3 is 0 Å². The topological polar surface area (TPSA) is 0 Å². The summed E-state index contributed by atoms with van der Waals surface area (Å²) in [5.41, 5.74) is 6.41. The van der Waals surface area contributed by atoms with E-state index in [1.165, 1.54) is 41.1 Å². The van der Waals surface area contributed by atoms with Crippen LogP contribution in [-0.4, -0.2) is 5.29 Å². The number of aryl methyl sites for hydroxylation is 1. The number of allylic oxidation sites excluding steroid dienone is 10. The molecule has 0 aliphatic carbocycles. The van der Waals surface area contributed by atoms with E-state index >= 15 is 0 Å². The Bertz CT molecular complexity index is 811. The average Bonchev–Trinajstić information content (AvgIpc) is 2.63. The summed E-state index contributed by atoms with van der Waals surface area (Å²) in [5, 5.41) is 2.85. The molecule has 134 valence electrons. The third kappa shape index (κ3) is 5.41. The highest BCUT2D eigenvalue weighted by Crippen LogP contribution is 2.36. The number of rotatable bonds is 9. The Hall–Kier alpha value is -2.17. The lowest BCUT2D eigenvalue weighted by Crippen LogP contribution is -2.05. The van der Waals surface area contributed by atoms with Gasteiger partial charge in [-0.15, -0.1) is 0 Å². The molecule has 0 amide bonds. The highest BCUT2D eigenvalue weighted by molar-refractivity contribution is 7.49. The Morgan fingerprint density at radius 2 is 1.88 bits per heavy atom. The summed E-state index contributed by atoms with van der Waals surface area (Å²) in [6, 6.07) is 10.6. The molecule has 1 aliphatic heterocycles. The van der Waals surface area contributed by atoms with Crippen molar-refractivity contribution in [2.24, 2.45) is 0 Å². The number of hydrogen-bond acceptors (Lipinski definition) is 0. The molecule has 0 bridgehead atoms. The second-order valence-electron chi connectivity index (χ2n) is 6.49. The zero-order valence-corrected chi connectivity index (χ0v) is 17.2. The molecule has 0 N–H and O–H groups in total. The molecule has 0 nitrogen and oxygen atoms in total. The molecular formula is C25H29P. The van der Waals surface area contributed by atoms with Gasteiger partial charge < -0.3 is 0 Å². The monoisotopic (exact) mass is 360 g/mol. The van der Waals surface area contributed by atoms with Gasteiger partial charge in [-0.05, 0) is 78.5 Å². The predicted molar refractivity (Wildman–Crippen MR) is 120 cm³/mol. The Kier molecular flexibility index (Phi) is 7.82. The van der Waals surface area contributed by atoms with Gasteiger partial charge in [0.1, 0.15) is 0 Å². The van der Waals surface area contributed by atoms with Gasteiger partial charge in [-0.1, -0.05) is 82.1 Å². The van der Waals surface area contributed by atoms with E-state index in [9.17, 15) is 0 Å². The molecule has 1 aromatic rings. The van der Waals surface area contributed by atoms with Crippen LogP contribution in [0.15, 0.2) is 101 Å². The van der Waals surface area contributed by atoms with Crippen LogP contribution in [0.1, 0.15) is 39.2 Å². The Morgan fingerprint density at radius 3 is 2.46 bits per heavy atom. The molecule has 0 atom stereocenters. The molecular weight excluding hydrogens is 331 g/mol. The summed E-state index contributed by atoms with van der Waals surface area (Å²) >= 11 is 0. The zero-order chi connectivity index (χ0) is 18.9. The maximum absolute atomic E-state index is 4.24. The highest BCUT2D eigenvalue weighted by atomic mass is 31.1. The molecule has 0 spiro atoms. The molecule has 0 saturated heterocycles. The Labute approximate surface area is 160 Å². The first-order chi connectivity index (χ1) is 12.6. The maximum atomic E-state index is 4.24. The van der Waals surface area contributed by atoms with Crippen molar-refractivity contribution in [2.45, 2.75) is 40.0 Å². The summed E-state index contributed by atoms with van der Waals surface area (Å²) in [6.45, 7) is 14.7. The van der Waals surface area contributed by atoms with Crippen LogP contribution in [-0.2, 0) is 6.42 Å². The van der Waals surface area contributed by atoms with Crippen molar-refractivity contribution in [2.75, 3.05) is 0 Å². The molecule has 1 heteroatoms. The van der Waals surface area contributed by atoms with Gasteiger partial charge in [-0.3, -0.25) is 0 Å². The van der Waals surface area contributed by atoms with Gasteiger partial charge in [-0.2, -0.15) is 0 Å². The first-order valence-electron chi connectivity index (χ1n) is 9.21. The van der Waals surface area contributed by atoms with Crippen molar-refractivity contribution in [1.82, 2.24) is 0 Å². The first-order valence-corrected chi connectivity index (χ1v) is 10.1. The Balaban J connectivity index is 2.02. The van der Waals surface area contributed by atoms with Crippen molar-refractivity contribution in [1.29, 1.82) is 0 Å². The predicted octanol–water partition coefficient (Wildman–Crippen LogP) is 7.61. The molecule has 2 rings (SSSR count). The first kappa shape index (κ1) is 20.1.